The lowest BCUT2D eigenvalue weighted by Gasteiger charge is -2.22. The molecule has 6 unspecified atom stereocenters. The van der Waals surface area contributed by atoms with Crippen LogP contribution in [0.5, 0.6) is 0 Å². The summed E-state index contributed by atoms with van der Waals surface area (Å²) < 4.78 is 53.6. The third-order valence-electron chi connectivity index (χ3n) is 12.9. The molecule has 496 valence electrons. The number of nitrogens with two attached hydrogens (primary N) is 2. The molecule has 91 heavy (non-hydrogen) atoms. The van der Waals surface area contributed by atoms with Gasteiger partial charge in [0.2, 0.25) is 5.91 Å². The molecule has 5 rings (SSSR count). The first-order valence-electron chi connectivity index (χ1n) is 29.6. The maximum Gasteiger partial charge on any atom is 0.407 e. The fourth-order valence-corrected chi connectivity index (χ4v) is 7.92. The summed E-state index contributed by atoms with van der Waals surface area (Å²) in [5.41, 5.74) is 15.3. The van der Waals surface area contributed by atoms with Gasteiger partial charge in [-0.25, -0.2) is 28.8 Å². The normalized spacial score (nSPS) is 13.8. The van der Waals surface area contributed by atoms with Crippen LogP contribution in [0.1, 0.15) is 93.9 Å². The Labute approximate surface area is 528 Å². The molecular formula is C65H84N4O22. The van der Waals surface area contributed by atoms with Gasteiger partial charge in [0.05, 0.1) is 31.6 Å². The van der Waals surface area contributed by atoms with Crippen LogP contribution in [0, 0.1) is 5.92 Å². The zero-order valence-electron chi connectivity index (χ0n) is 51.8. The Morgan fingerprint density at radius 1 is 0.516 bits per heavy atom. The SMILES string of the molecule is COCCOC(=O)COC(=O)C(C)OC(=O)C(Cc1ccccc1)NC(=O)C(N)CCCCNC(=O)OCc1ccccc1.COCCOC(=O)COC(=O)C(C)OC(=O)C(N)Cc1ccccc1.O=C(CCCCCC1CC(=O)OC1=O)OCc1ccccc1. The molecule has 1 aliphatic rings. The first-order chi connectivity index (χ1) is 43.8. The number of rotatable bonds is 37. The van der Waals surface area contributed by atoms with Crippen LogP contribution < -0.4 is 22.1 Å². The second kappa shape index (κ2) is 45.2. The number of benzene rings is 4. The molecule has 0 radical (unpaired) electrons. The molecule has 1 fully saturated rings. The highest BCUT2D eigenvalue weighted by Gasteiger charge is 2.33. The number of methoxy groups -OCH3 is 2. The Morgan fingerprint density at radius 3 is 1.49 bits per heavy atom. The van der Waals surface area contributed by atoms with Crippen molar-refractivity contribution in [2.45, 2.75) is 128 Å². The zero-order chi connectivity index (χ0) is 66.6. The van der Waals surface area contributed by atoms with Gasteiger partial charge in [-0.15, -0.1) is 0 Å². The van der Waals surface area contributed by atoms with Crippen LogP contribution in [0.15, 0.2) is 121 Å². The summed E-state index contributed by atoms with van der Waals surface area (Å²) in [6.45, 7) is 2.69. The average molecular weight is 1270 g/mol. The van der Waals surface area contributed by atoms with Gasteiger partial charge in [-0.2, -0.15) is 0 Å². The van der Waals surface area contributed by atoms with E-state index in [1.54, 1.807) is 24.3 Å². The molecule has 26 nitrogen and oxygen atoms in total. The van der Waals surface area contributed by atoms with Crippen molar-refractivity contribution in [1.82, 2.24) is 10.6 Å². The molecule has 6 atom stereocenters. The molecular weight excluding hydrogens is 1190 g/mol. The minimum Gasteiger partial charge on any atom is -0.461 e. The lowest BCUT2D eigenvalue weighted by atomic mass is 9.99. The molecule has 1 heterocycles. The van der Waals surface area contributed by atoms with Crippen molar-refractivity contribution in [3.63, 3.8) is 0 Å². The quantitative estimate of drug-likeness (QED) is 0.0204. The van der Waals surface area contributed by atoms with Crippen molar-refractivity contribution in [2.24, 2.45) is 17.4 Å². The van der Waals surface area contributed by atoms with Crippen LogP contribution in [-0.2, 0) is 126 Å². The molecule has 1 aliphatic heterocycles. The number of carbonyl (C=O) groups excluding carboxylic acids is 11. The highest BCUT2D eigenvalue weighted by molar-refractivity contribution is 5.94. The van der Waals surface area contributed by atoms with Gasteiger partial charge < -0.3 is 74.2 Å². The van der Waals surface area contributed by atoms with E-state index in [4.69, 9.17) is 58.8 Å². The summed E-state index contributed by atoms with van der Waals surface area (Å²) in [7, 11) is 2.91. The monoisotopic (exact) mass is 1270 g/mol. The molecule has 0 saturated carbocycles. The number of ether oxygens (including phenoxy) is 11. The lowest BCUT2D eigenvalue weighted by molar-refractivity contribution is -0.172. The van der Waals surface area contributed by atoms with Gasteiger partial charge in [-0.1, -0.05) is 134 Å². The van der Waals surface area contributed by atoms with E-state index in [-0.39, 0.29) is 64.2 Å². The second-order valence-corrected chi connectivity index (χ2v) is 20.4. The van der Waals surface area contributed by atoms with E-state index in [9.17, 15) is 52.7 Å². The van der Waals surface area contributed by atoms with Gasteiger partial charge in [-0.3, -0.25) is 24.0 Å². The summed E-state index contributed by atoms with van der Waals surface area (Å²) in [6, 6.07) is 34.0. The summed E-state index contributed by atoms with van der Waals surface area (Å²) in [5, 5.41) is 5.27. The number of unbranched alkanes of at least 4 members (excludes halogenated alkanes) is 3. The average Bonchev–Trinajstić information content (AvgIpc) is 3.43. The van der Waals surface area contributed by atoms with E-state index >= 15 is 0 Å². The number of cyclic esters (lactones) is 2. The molecule has 4 aromatic rings. The second-order valence-electron chi connectivity index (χ2n) is 20.4. The highest BCUT2D eigenvalue weighted by atomic mass is 16.6. The van der Waals surface area contributed by atoms with Crippen LogP contribution in [-0.4, -0.2) is 156 Å². The number of nitrogens with one attached hydrogen (secondary N) is 2. The van der Waals surface area contributed by atoms with Gasteiger partial charge in [0.15, 0.2) is 25.4 Å². The number of amides is 2. The maximum absolute atomic E-state index is 13.0. The van der Waals surface area contributed by atoms with Crippen LogP contribution >= 0.6 is 0 Å². The number of carbonyl (C=O) groups is 11. The van der Waals surface area contributed by atoms with Gasteiger partial charge >= 0.3 is 59.8 Å². The Balaban J connectivity index is 0.000000388. The Kier molecular flexibility index (Phi) is 37.8. The molecule has 4 aromatic carbocycles. The van der Waals surface area contributed by atoms with E-state index in [2.05, 4.69) is 15.4 Å². The predicted molar refractivity (Wildman–Crippen MR) is 324 cm³/mol. The van der Waals surface area contributed by atoms with E-state index in [1.165, 1.54) is 28.1 Å². The van der Waals surface area contributed by atoms with Crippen LogP contribution in [0.2, 0.25) is 0 Å². The fraction of sp³-hybridized carbons (Fsp3) is 0.462. The summed E-state index contributed by atoms with van der Waals surface area (Å²) in [6.07, 6.45) is 2.23. The number of alkyl carbamates (subject to hydrolysis) is 1. The summed E-state index contributed by atoms with van der Waals surface area (Å²) in [4.78, 5) is 130. The van der Waals surface area contributed by atoms with Crippen LogP contribution in [0.4, 0.5) is 4.79 Å². The zero-order valence-corrected chi connectivity index (χ0v) is 51.8. The van der Waals surface area contributed by atoms with Crippen molar-refractivity contribution in [2.75, 3.05) is 60.4 Å². The third kappa shape index (κ3) is 34.4. The van der Waals surface area contributed by atoms with Crippen molar-refractivity contribution in [3.8, 4) is 0 Å². The number of esters is 9. The maximum atomic E-state index is 13.0. The first-order valence-corrected chi connectivity index (χ1v) is 29.6. The molecule has 2 amide bonds. The molecule has 0 aliphatic carbocycles. The molecule has 26 heteroatoms. The van der Waals surface area contributed by atoms with Gasteiger partial charge in [0, 0.05) is 33.6 Å². The minimum atomic E-state index is -1.36. The Morgan fingerprint density at radius 2 is 1.00 bits per heavy atom. The van der Waals surface area contributed by atoms with Crippen LogP contribution in [0.25, 0.3) is 0 Å². The molecule has 0 aromatic heterocycles. The Hall–Kier alpha value is -9.11. The molecule has 6 N–H and O–H groups in total. The molecule has 0 spiro atoms. The topological polar surface area (TPSA) is 365 Å². The summed E-state index contributed by atoms with van der Waals surface area (Å²) >= 11 is 0. The fourth-order valence-electron chi connectivity index (χ4n) is 7.92. The van der Waals surface area contributed by atoms with E-state index in [1.807, 2.05) is 97.1 Å². The van der Waals surface area contributed by atoms with Gasteiger partial charge in [0.1, 0.15) is 38.5 Å². The molecule has 1 saturated heterocycles. The predicted octanol–water partition coefficient (Wildman–Crippen LogP) is 4.79. The molecule has 0 bridgehead atoms. The van der Waals surface area contributed by atoms with Crippen LogP contribution in [0.3, 0.4) is 0 Å². The largest absolute Gasteiger partial charge is 0.461 e. The van der Waals surface area contributed by atoms with Crippen molar-refractivity contribution >= 4 is 65.7 Å². The van der Waals surface area contributed by atoms with Crippen molar-refractivity contribution in [1.29, 1.82) is 0 Å². The first kappa shape index (κ1) is 76.1. The number of hydrogen-bond acceptors (Lipinski definition) is 24. The third-order valence-corrected chi connectivity index (χ3v) is 12.9. The Bertz CT molecular complexity index is 2850. The van der Waals surface area contributed by atoms with E-state index in [0.29, 0.717) is 45.3 Å². The minimum absolute atomic E-state index is 0.00113. The smallest absolute Gasteiger partial charge is 0.407 e. The highest BCUT2D eigenvalue weighted by Crippen LogP contribution is 2.22. The van der Waals surface area contributed by atoms with Gasteiger partial charge in [0.25, 0.3) is 0 Å². The van der Waals surface area contributed by atoms with E-state index < -0.39 is 103 Å². The standard InChI is InChI=1S/C31H41N3O10.C17H23NO7.C17H20O5/c1-22(29(37)42-21-27(35)41-18-17-40-2)44-30(38)26(19-23-11-5-3-6-12-23)34-28(36)25(32)15-9-10-16-33-31(39)43-20-24-13-7-4-8-14-24;1-12(16(20)24-11-15(19)23-9-8-22-2)25-17(21)14(18)10-13-6-4-3-5-7-13;18-15(21-12-13-7-3-1-4-8-13)10-6-2-5-9-14-11-16(19)22-17(14)20/h3-8,11-14,22,25-26H,9-10,15-21,32H2,1-2H3,(H,33,39)(H,34,36);3-7,12,14H,8-11,18H2,1-2H3;1,3-4,7-8,14H,2,5-6,9-12H2. The van der Waals surface area contributed by atoms with E-state index in [0.717, 1.165) is 41.5 Å². The van der Waals surface area contributed by atoms with Gasteiger partial charge in [-0.05, 0) is 74.6 Å². The number of hydrogen-bond donors (Lipinski definition) is 4. The van der Waals surface area contributed by atoms with Crippen molar-refractivity contribution < 1.29 is 105 Å². The lowest BCUT2D eigenvalue weighted by Crippen LogP contribution is -2.50. The van der Waals surface area contributed by atoms with Crippen molar-refractivity contribution in [3.05, 3.63) is 144 Å². The summed E-state index contributed by atoms with van der Waals surface area (Å²) in [5.74, 6) is -6.84.